The molecule has 0 saturated carbocycles. The minimum Gasteiger partial charge on any atom is -0.391 e. The zero-order valence-electron chi connectivity index (χ0n) is 7.26. The second kappa shape index (κ2) is 5.54. The predicted octanol–water partition coefficient (Wildman–Crippen LogP) is 0.408. The molecule has 5 nitrogen and oxygen atoms in total. The molecule has 4 N–H and O–H groups in total. The fourth-order valence-electron chi connectivity index (χ4n) is 0.462. The zero-order valence-corrected chi connectivity index (χ0v) is 8.08. The van der Waals surface area contributed by atoms with Crippen molar-refractivity contribution in [2.45, 2.75) is 6.18 Å². The molecule has 0 spiro atoms. The maximum absolute atomic E-state index is 12.1. The van der Waals surface area contributed by atoms with Crippen LogP contribution in [-0.2, 0) is 0 Å². The number of urea groups is 1. The molecule has 15 heavy (non-hydrogen) atoms. The first kappa shape index (κ1) is 13.7. The Morgan fingerprint density at radius 3 is 2.40 bits per heavy atom. The Labute approximate surface area is 88.8 Å². The summed E-state index contributed by atoms with van der Waals surface area (Å²) < 4.78 is 36.2. The lowest BCUT2D eigenvalue weighted by Gasteiger charge is -2.10. The molecule has 0 saturated heterocycles. The Balaban J connectivity index is 4.35. The summed E-state index contributed by atoms with van der Waals surface area (Å²) in [5.41, 5.74) is 0. The maximum Gasteiger partial charge on any atom is 0.441 e. The van der Waals surface area contributed by atoms with E-state index >= 15 is 0 Å². The lowest BCUT2D eigenvalue weighted by atomic mass is 10.4. The smallest absolute Gasteiger partial charge is 0.391 e. The number of alkyl halides is 3. The van der Waals surface area contributed by atoms with Crippen LogP contribution in [0.5, 0.6) is 0 Å². The van der Waals surface area contributed by atoms with Gasteiger partial charge in [0.05, 0.1) is 5.03 Å². The van der Waals surface area contributed by atoms with Crippen molar-refractivity contribution >= 4 is 30.8 Å². The van der Waals surface area contributed by atoms with Crippen LogP contribution in [-0.4, -0.2) is 25.2 Å². The average Bonchev–Trinajstić information content (AvgIpc) is 2.12. The Hall–Kier alpha value is -1.32. The van der Waals surface area contributed by atoms with Gasteiger partial charge >= 0.3 is 12.2 Å². The van der Waals surface area contributed by atoms with E-state index in [0.717, 1.165) is 0 Å². The molecule has 0 atom stereocenters. The van der Waals surface area contributed by atoms with Gasteiger partial charge in [-0.2, -0.15) is 18.3 Å². The molecule has 0 heterocycles. The molecule has 0 aromatic carbocycles. The van der Waals surface area contributed by atoms with E-state index in [2.05, 4.69) is 25.5 Å². The van der Waals surface area contributed by atoms with E-state index in [1.165, 1.54) is 0 Å². The van der Waals surface area contributed by atoms with Gasteiger partial charge in [0.1, 0.15) is 0 Å². The molecule has 0 aromatic heterocycles. The van der Waals surface area contributed by atoms with Crippen molar-refractivity contribution in [2.75, 3.05) is 0 Å². The molecule has 0 aliphatic carbocycles. The van der Waals surface area contributed by atoms with Crippen LogP contribution in [0.3, 0.4) is 0 Å². The Kier molecular flexibility index (Phi) is 5.05. The van der Waals surface area contributed by atoms with E-state index in [1.807, 2.05) is 5.32 Å². The van der Waals surface area contributed by atoms with Gasteiger partial charge in [-0.25, -0.2) is 4.79 Å². The van der Waals surface area contributed by atoms with E-state index in [9.17, 15) is 18.0 Å². The fourth-order valence-corrected chi connectivity index (χ4v) is 1.01. The summed E-state index contributed by atoms with van der Waals surface area (Å²) in [4.78, 5) is 10.6. The van der Waals surface area contributed by atoms with Gasteiger partial charge in [-0.1, -0.05) is 6.58 Å². The Bertz CT molecular complexity index is 292. The van der Waals surface area contributed by atoms with Crippen molar-refractivity contribution in [1.29, 1.82) is 0 Å². The number of amides is 2. The van der Waals surface area contributed by atoms with Crippen LogP contribution in [0.1, 0.15) is 0 Å². The number of nitrogens with one attached hydrogen (secondary N) is 2. The number of carbonyl (C=O) groups is 1. The molecule has 0 aromatic rings. The van der Waals surface area contributed by atoms with E-state index < -0.39 is 17.3 Å². The number of hydrogen-bond donors (Lipinski definition) is 3. The quantitative estimate of drug-likeness (QED) is 0.214. The van der Waals surface area contributed by atoms with Gasteiger partial charge in [-0.3, -0.25) is 0 Å². The first-order valence-electron chi connectivity index (χ1n) is 3.30. The molecule has 0 bridgehead atoms. The topological polar surface area (TPSA) is 79.5 Å². The highest BCUT2D eigenvalue weighted by atomic mass is 32.2. The average molecular weight is 238 g/mol. The molecule has 0 rings (SSSR count). The van der Waals surface area contributed by atoms with Gasteiger partial charge < -0.3 is 16.4 Å². The van der Waals surface area contributed by atoms with E-state index in [1.54, 1.807) is 5.23 Å². The van der Waals surface area contributed by atoms with Crippen molar-refractivity contribution in [3.05, 3.63) is 11.6 Å². The second-order valence-electron chi connectivity index (χ2n) is 2.06. The molecule has 0 aliphatic rings. The summed E-state index contributed by atoms with van der Waals surface area (Å²) >= 11 is 0.0734. The summed E-state index contributed by atoms with van der Waals surface area (Å²) in [6, 6.07) is -0.897. The first-order chi connectivity index (χ1) is 6.81. The lowest BCUT2D eigenvalue weighted by molar-refractivity contribution is -0.0556. The minimum absolute atomic E-state index is 0.0734. The van der Waals surface area contributed by atoms with Gasteiger partial charge in [0, 0.05) is 0 Å². The number of hydrazone groups is 1. The maximum atomic E-state index is 12.1. The number of nitrogens with zero attached hydrogens (tertiary/aromatic N) is 1. The number of rotatable bonds is 2. The summed E-state index contributed by atoms with van der Waals surface area (Å²) in [5, 5.41) is 4.46. The summed E-state index contributed by atoms with van der Waals surface area (Å²) in [5.74, 6) is 4.52. The van der Waals surface area contributed by atoms with Crippen LogP contribution < -0.4 is 16.4 Å². The molecule has 0 fully saturated rings. The Morgan fingerprint density at radius 2 is 2.07 bits per heavy atom. The highest BCUT2D eigenvalue weighted by molar-refractivity contribution is 8.17. The van der Waals surface area contributed by atoms with E-state index in [0.29, 0.717) is 0 Å². The molecule has 2 amide bonds. The van der Waals surface area contributed by atoms with Crippen LogP contribution >= 0.6 is 11.8 Å². The molecule has 2 radical (unpaired) electrons. The number of hydrogen-bond acceptors (Lipinski definition) is 4. The highest BCUT2D eigenvalue weighted by Crippen LogP contribution is 2.27. The van der Waals surface area contributed by atoms with Crippen LogP contribution in [0.4, 0.5) is 18.0 Å². The van der Waals surface area contributed by atoms with Crippen molar-refractivity contribution < 1.29 is 18.0 Å². The lowest BCUT2D eigenvalue weighted by Crippen LogP contribution is -2.33. The van der Waals surface area contributed by atoms with Gasteiger partial charge in [-0.05, 0) is 11.8 Å². The second-order valence-corrected chi connectivity index (χ2v) is 3.14. The van der Waals surface area contributed by atoms with Gasteiger partial charge in [0.25, 0.3) is 0 Å². The van der Waals surface area contributed by atoms with Crippen molar-refractivity contribution in [1.82, 2.24) is 10.5 Å². The molecular formula is C5H6BF3N4OS. The van der Waals surface area contributed by atoms with Crippen LogP contribution in [0.15, 0.2) is 16.7 Å². The third kappa shape index (κ3) is 5.20. The van der Waals surface area contributed by atoms with Gasteiger partial charge in [-0.15, -0.1) is 0 Å². The first-order valence-corrected chi connectivity index (χ1v) is 4.12. The van der Waals surface area contributed by atoms with Crippen molar-refractivity contribution in [2.24, 2.45) is 10.9 Å². The van der Waals surface area contributed by atoms with E-state index in [4.69, 9.17) is 0 Å². The Morgan fingerprint density at radius 1 is 1.53 bits per heavy atom. The minimum atomic E-state index is -4.69. The number of carbonyl (C=O) groups excluding carboxylic acids is 1. The number of halogens is 3. The SMILES string of the molecule is [B]NC(=O)NC(=C)S/C(=N\N)C(F)(F)F. The van der Waals surface area contributed by atoms with Crippen LogP contribution in [0.2, 0.25) is 0 Å². The van der Waals surface area contributed by atoms with E-state index in [-0.39, 0.29) is 16.8 Å². The summed E-state index contributed by atoms with van der Waals surface area (Å²) in [6.07, 6.45) is -4.69. The van der Waals surface area contributed by atoms with Gasteiger partial charge in [0.15, 0.2) is 0 Å². The summed E-state index contributed by atoms with van der Waals surface area (Å²) in [7, 11) is 4.68. The van der Waals surface area contributed by atoms with Crippen molar-refractivity contribution in [3.63, 3.8) is 0 Å². The third-order valence-electron chi connectivity index (χ3n) is 0.964. The molecule has 0 unspecified atom stereocenters. The zero-order chi connectivity index (χ0) is 12.1. The largest absolute Gasteiger partial charge is 0.441 e. The summed E-state index contributed by atoms with van der Waals surface area (Å²) in [6.45, 7) is 3.14. The fraction of sp³-hybridized carbons (Fsp3) is 0.200. The van der Waals surface area contributed by atoms with Gasteiger partial charge in [0.2, 0.25) is 13.0 Å². The molecular weight excluding hydrogens is 232 g/mol. The number of nitrogens with two attached hydrogens (primary N) is 1. The highest BCUT2D eigenvalue weighted by Gasteiger charge is 2.37. The normalized spacial score (nSPS) is 12.1. The van der Waals surface area contributed by atoms with Crippen LogP contribution in [0, 0.1) is 0 Å². The monoisotopic (exact) mass is 238 g/mol. The third-order valence-corrected chi connectivity index (χ3v) is 1.84. The molecule has 82 valence electrons. The molecule has 0 aliphatic heterocycles. The number of thioether (sulfide) groups is 1. The van der Waals surface area contributed by atoms with Crippen molar-refractivity contribution in [3.8, 4) is 0 Å². The van der Waals surface area contributed by atoms with Crippen LogP contribution in [0.25, 0.3) is 0 Å². The predicted molar refractivity (Wildman–Crippen MR) is 51.8 cm³/mol. The standard InChI is InChI=1S/C5H6BF3N4OS/c1-2(11-4(14)12-6)15-3(13-10)5(7,8)9/h1,10H2,(H2,11,12,14)/b13-3-. The molecule has 10 heteroatoms.